The van der Waals surface area contributed by atoms with E-state index in [0.29, 0.717) is 0 Å². The van der Waals surface area contributed by atoms with Crippen molar-refractivity contribution in [1.82, 2.24) is 9.38 Å². The fourth-order valence-corrected chi connectivity index (χ4v) is 7.86. The molecule has 2 unspecified atom stereocenters. The van der Waals surface area contributed by atoms with Crippen LogP contribution in [0.5, 0.6) is 0 Å². The summed E-state index contributed by atoms with van der Waals surface area (Å²) in [7, 11) is 14.3. The zero-order valence-electron chi connectivity index (χ0n) is 23.8. The summed E-state index contributed by atoms with van der Waals surface area (Å²) >= 11 is 0. The fraction of sp³-hybridized carbons (Fsp3) is 0.531. The summed E-state index contributed by atoms with van der Waals surface area (Å²) in [6.07, 6.45) is 2.66. The molecule has 3 nitrogen and oxygen atoms in total. The third kappa shape index (κ3) is 2.58. The van der Waals surface area contributed by atoms with Gasteiger partial charge in [0.1, 0.15) is 21.3 Å². The van der Waals surface area contributed by atoms with Crippen LogP contribution in [0.1, 0.15) is 115 Å². The molecule has 4 radical (unpaired) electrons. The highest BCUT2D eigenvalue weighted by Gasteiger charge is 2.58. The van der Waals surface area contributed by atoms with Gasteiger partial charge < -0.3 is 4.74 Å². The van der Waals surface area contributed by atoms with Crippen molar-refractivity contribution >= 4 is 54.1 Å². The van der Waals surface area contributed by atoms with Crippen LogP contribution in [0, 0.1) is 5.41 Å². The van der Waals surface area contributed by atoms with Crippen LogP contribution in [-0.2, 0) is 21.0 Å². The zero-order chi connectivity index (χ0) is 26.6. The van der Waals surface area contributed by atoms with Gasteiger partial charge in [-0.2, -0.15) is 0 Å². The van der Waals surface area contributed by atoms with Gasteiger partial charge in [-0.05, 0) is 74.9 Å². The minimum absolute atomic E-state index is 0.0384. The Balaban J connectivity index is 1.69. The molecule has 4 heterocycles. The maximum absolute atomic E-state index is 7.23. The second-order valence-corrected chi connectivity index (χ2v) is 14.5. The molecule has 186 valence electrons. The number of aromatic nitrogens is 2. The maximum Gasteiger partial charge on any atom is 0.146 e. The van der Waals surface area contributed by atoms with Crippen molar-refractivity contribution in [2.24, 2.45) is 5.41 Å². The van der Waals surface area contributed by atoms with Gasteiger partial charge in [0.05, 0.1) is 23.2 Å². The van der Waals surface area contributed by atoms with Crippen LogP contribution in [-0.4, -0.2) is 25.1 Å². The summed E-state index contributed by atoms with van der Waals surface area (Å²) in [5, 5.41) is 2.37. The topological polar surface area (TPSA) is 26.5 Å². The molecule has 0 saturated carbocycles. The van der Waals surface area contributed by atoms with Crippen molar-refractivity contribution in [3.05, 3.63) is 46.1 Å². The van der Waals surface area contributed by atoms with Gasteiger partial charge in [0.15, 0.2) is 0 Å². The molecule has 0 spiro atoms. The van der Waals surface area contributed by atoms with Crippen LogP contribution in [0.2, 0.25) is 0 Å². The van der Waals surface area contributed by atoms with Crippen LogP contribution in [0.15, 0.2) is 18.2 Å². The van der Waals surface area contributed by atoms with Crippen molar-refractivity contribution in [1.29, 1.82) is 0 Å². The first-order valence-electron chi connectivity index (χ1n) is 13.8. The predicted molar refractivity (Wildman–Crippen MR) is 155 cm³/mol. The second-order valence-electron chi connectivity index (χ2n) is 14.5. The van der Waals surface area contributed by atoms with Gasteiger partial charge in [-0.3, -0.25) is 4.40 Å². The van der Waals surface area contributed by atoms with E-state index in [-0.39, 0.29) is 33.9 Å². The SMILES string of the molecule is [B]c1c2c(c([B])c3c1nc1c4cc5c(cc4cc(C(C)(C)C)n13)C1CCC5O1)C(C)(C)C(C)(C)C2(C)C. The first kappa shape index (κ1) is 23.8. The Bertz CT molecular complexity index is 1700. The number of hydrogen-bond acceptors (Lipinski definition) is 2. The van der Waals surface area contributed by atoms with Crippen molar-refractivity contribution in [3.63, 3.8) is 0 Å². The molecule has 4 aromatic rings. The molecule has 2 aromatic heterocycles. The van der Waals surface area contributed by atoms with E-state index in [2.05, 4.69) is 84.9 Å². The summed E-state index contributed by atoms with van der Waals surface area (Å²) in [6, 6.07) is 7.03. The molecule has 2 bridgehead atoms. The van der Waals surface area contributed by atoms with E-state index < -0.39 is 0 Å². The summed E-state index contributed by atoms with van der Waals surface area (Å²) < 4.78 is 8.59. The molecule has 37 heavy (non-hydrogen) atoms. The molecule has 1 fully saturated rings. The molecule has 3 aliphatic rings. The number of imidazole rings is 1. The lowest BCUT2D eigenvalue weighted by Gasteiger charge is -2.45. The Hall–Kier alpha value is -2.26. The highest BCUT2D eigenvalue weighted by molar-refractivity contribution is 6.46. The monoisotopic (exact) mass is 486 g/mol. The smallest absolute Gasteiger partial charge is 0.146 e. The van der Waals surface area contributed by atoms with Gasteiger partial charge in [-0.1, -0.05) is 73.2 Å². The molecule has 7 rings (SSSR count). The van der Waals surface area contributed by atoms with Crippen molar-refractivity contribution in [2.75, 3.05) is 0 Å². The normalized spacial score (nSPS) is 24.9. The molecule has 0 N–H and O–H groups in total. The summed E-state index contributed by atoms with van der Waals surface area (Å²) in [6.45, 7) is 20.8. The number of benzene rings is 2. The Morgan fingerprint density at radius 1 is 0.865 bits per heavy atom. The van der Waals surface area contributed by atoms with Crippen LogP contribution >= 0.6 is 0 Å². The van der Waals surface area contributed by atoms with Gasteiger partial charge in [-0.25, -0.2) is 4.98 Å². The largest absolute Gasteiger partial charge is 0.366 e. The zero-order valence-corrected chi connectivity index (χ0v) is 23.8. The van der Waals surface area contributed by atoms with E-state index in [1.54, 1.807) is 0 Å². The maximum atomic E-state index is 7.23. The number of hydrogen-bond donors (Lipinski definition) is 0. The first-order chi connectivity index (χ1) is 17.1. The minimum Gasteiger partial charge on any atom is -0.366 e. The molecule has 2 atom stereocenters. The van der Waals surface area contributed by atoms with E-state index in [4.69, 9.17) is 25.4 Å². The lowest BCUT2D eigenvalue weighted by Crippen LogP contribution is -2.43. The Labute approximate surface area is 223 Å². The van der Waals surface area contributed by atoms with Gasteiger partial charge >= 0.3 is 0 Å². The van der Waals surface area contributed by atoms with E-state index in [9.17, 15) is 0 Å². The molecule has 5 heteroatoms. The van der Waals surface area contributed by atoms with Gasteiger partial charge in [0.25, 0.3) is 0 Å². The average Bonchev–Trinajstić information content (AvgIpc) is 3.53. The van der Waals surface area contributed by atoms with Crippen molar-refractivity contribution in [2.45, 2.75) is 104 Å². The van der Waals surface area contributed by atoms with Gasteiger partial charge in [0.2, 0.25) is 0 Å². The Morgan fingerprint density at radius 3 is 2.03 bits per heavy atom. The quantitative estimate of drug-likeness (QED) is 0.284. The molecule has 1 saturated heterocycles. The van der Waals surface area contributed by atoms with E-state index >= 15 is 0 Å². The van der Waals surface area contributed by atoms with E-state index in [1.165, 1.54) is 33.3 Å². The molecule has 2 aromatic carbocycles. The summed E-state index contributed by atoms with van der Waals surface area (Å²) in [4.78, 5) is 5.32. The second kappa shape index (κ2) is 6.65. The molecule has 2 aliphatic heterocycles. The van der Waals surface area contributed by atoms with E-state index in [0.717, 1.165) is 45.8 Å². The third-order valence-corrected chi connectivity index (χ3v) is 11.1. The highest BCUT2D eigenvalue weighted by Crippen LogP contribution is 2.61. The standard InChI is InChI=1S/C32H36B2N2O/c1-29(2,3)21-13-15-12-17-18(20-11-10-19(17)37-20)14-16(15)28-35-26-24(33)22-23(25(34)27(26)36(21)28)31(6,7)32(8,9)30(22,4)5/h12-14,19-20H,10-11H2,1-9H3. The minimum atomic E-state index is -0.154. The van der Waals surface area contributed by atoms with Crippen molar-refractivity contribution < 1.29 is 4.74 Å². The first-order valence-corrected chi connectivity index (χ1v) is 13.8. The Kier molecular flexibility index (Phi) is 4.28. The van der Waals surface area contributed by atoms with Crippen LogP contribution in [0.4, 0.5) is 0 Å². The average molecular weight is 486 g/mol. The lowest BCUT2D eigenvalue weighted by molar-refractivity contribution is 0.0717. The van der Waals surface area contributed by atoms with Gasteiger partial charge in [0, 0.05) is 16.5 Å². The number of rotatable bonds is 0. The number of ether oxygens (including phenoxy) is 1. The lowest BCUT2D eigenvalue weighted by atomic mass is 9.58. The summed E-state index contributed by atoms with van der Waals surface area (Å²) in [5.41, 5.74) is 10.1. The van der Waals surface area contributed by atoms with Gasteiger partial charge in [-0.15, -0.1) is 0 Å². The van der Waals surface area contributed by atoms with Crippen molar-refractivity contribution in [3.8, 4) is 0 Å². The molecule has 0 amide bonds. The van der Waals surface area contributed by atoms with Crippen LogP contribution in [0.3, 0.4) is 0 Å². The van der Waals surface area contributed by atoms with Crippen LogP contribution in [0.25, 0.3) is 27.5 Å². The molecular weight excluding hydrogens is 450 g/mol. The Morgan fingerprint density at radius 2 is 1.43 bits per heavy atom. The number of pyridine rings is 1. The number of fused-ring (bicyclic) bond motifs is 11. The molecular formula is C32H36B2N2O. The predicted octanol–water partition coefficient (Wildman–Crippen LogP) is 6.03. The fourth-order valence-electron chi connectivity index (χ4n) is 7.86. The van der Waals surface area contributed by atoms with Crippen LogP contribution < -0.4 is 10.9 Å². The van der Waals surface area contributed by atoms with E-state index in [1.807, 2.05) is 0 Å². The third-order valence-electron chi connectivity index (χ3n) is 11.1. The molecule has 1 aliphatic carbocycles. The highest BCUT2D eigenvalue weighted by atomic mass is 16.5. The number of nitrogens with zero attached hydrogens (tertiary/aromatic N) is 2. The summed E-state index contributed by atoms with van der Waals surface area (Å²) in [5.74, 6) is 0.